The Bertz CT molecular complexity index is 531. The summed E-state index contributed by atoms with van der Waals surface area (Å²) in [6.45, 7) is 0.0597. The van der Waals surface area contributed by atoms with Gasteiger partial charge in [-0.2, -0.15) is 0 Å². The molecule has 10 heteroatoms. The van der Waals surface area contributed by atoms with Crippen molar-refractivity contribution in [2.24, 2.45) is 0 Å². The third-order valence-corrected chi connectivity index (χ3v) is 5.93. The van der Waals surface area contributed by atoms with Gasteiger partial charge < -0.3 is 20.5 Å². The Morgan fingerprint density at radius 2 is 2.21 bits per heavy atom. The molecular formula is C14H22N4O5S. The van der Waals surface area contributed by atoms with Crippen molar-refractivity contribution in [3.8, 4) is 0 Å². The number of carboxylic acid groups (broad SMARTS) is 1. The number of nitrogens with zero attached hydrogens (tertiary/aromatic N) is 1. The number of hydrogen-bond donors (Lipinski definition) is 4. The highest BCUT2D eigenvalue weighted by molar-refractivity contribution is 8.01. The molecule has 4 N–H and O–H groups in total. The third-order valence-electron chi connectivity index (χ3n) is 4.24. The van der Waals surface area contributed by atoms with E-state index in [1.54, 1.807) is 7.05 Å². The first kappa shape index (κ1) is 18.5. The molecule has 2 saturated heterocycles. The van der Waals surface area contributed by atoms with Crippen LogP contribution in [0.1, 0.15) is 25.7 Å². The van der Waals surface area contributed by atoms with E-state index in [1.807, 2.05) is 0 Å². The maximum absolute atomic E-state index is 12.8. The van der Waals surface area contributed by atoms with Gasteiger partial charge in [0.05, 0.1) is 18.6 Å². The minimum absolute atomic E-state index is 0.0477. The molecule has 0 saturated carbocycles. The van der Waals surface area contributed by atoms with E-state index in [9.17, 15) is 19.2 Å². The zero-order valence-corrected chi connectivity index (χ0v) is 14.2. The number of carboxylic acids is 1. The molecule has 0 aromatic rings. The molecule has 0 spiro atoms. The number of fused-ring (bicyclic) bond motifs is 1. The normalized spacial score (nSPS) is 28.2. The fraction of sp³-hybridized carbons (Fsp3) is 0.714. The van der Waals surface area contributed by atoms with Crippen LogP contribution in [0.25, 0.3) is 0 Å². The summed E-state index contributed by atoms with van der Waals surface area (Å²) in [6.07, 6.45) is 2.21. The molecule has 3 amide bonds. The second-order valence-corrected chi connectivity index (χ2v) is 7.34. The van der Waals surface area contributed by atoms with Gasteiger partial charge in [0.15, 0.2) is 0 Å². The number of thioether (sulfide) groups is 1. The number of carbonyl (C=O) groups is 4. The Morgan fingerprint density at radius 1 is 1.46 bits per heavy atom. The molecule has 0 aliphatic carbocycles. The number of rotatable bonds is 9. The lowest BCUT2D eigenvalue weighted by Gasteiger charge is -2.33. The van der Waals surface area contributed by atoms with Crippen molar-refractivity contribution in [1.82, 2.24) is 21.1 Å². The van der Waals surface area contributed by atoms with Crippen molar-refractivity contribution in [2.45, 2.75) is 42.5 Å². The fourth-order valence-electron chi connectivity index (χ4n) is 3.08. The zero-order valence-electron chi connectivity index (χ0n) is 13.4. The number of unbranched alkanes of at least 4 members (excludes halogenated alkanes) is 1. The lowest BCUT2D eigenvalue weighted by molar-refractivity contribution is -0.137. The lowest BCUT2D eigenvalue weighted by atomic mass is 9.88. The standard InChI is InChI=1S/C14H22N4O5S/c1-18(6-7-19)17-12(22)14(5-3-2-4-10(20)21)11-9(8-24-14)15-13(23)16-11/h7,9,11H,2-6,8H2,1H3,(H,17,22)(H,20,21)(H2,15,16,23)/t9-,11-,14-/m0/s1. The number of urea groups is 1. The molecule has 2 fully saturated rings. The molecule has 2 aliphatic rings. The van der Waals surface area contributed by atoms with Crippen LogP contribution in [-0.2, 0) is 14.4 Å². The first-order valence-corrected chi connectivity index (χ1v) is 8.76. The van der Waals surface area contributed by atoms with E-state index in [1.165, 1.54) is 16.8 Å². The minimum Gasteiger partial charge on any atom is -0.481 e. The van der Waals surface area contributed by atoms with Crippen molar-refractivity contribution in [3.05, 3.63) is 0 Å². The zero-order chi connectivity index (χ0) is 17.7. The average molecular weight is 358 g/mol. The van der Waals surface area contributed by atoms with Gasteiger partial charge in [0.1, 0.15) is 11.0 Å². The fourth-order valence-corrected chi connectivity index (χ4v) is 4.70. The molecule has 24 heavy (non-hydrogen) atoms. The van der Waals surface area contributed by atoms with Crippen LogP contribution in [0.3, 0.4) is 0 Å². The predicted octanol–water partition coefficient (Wildman–Crippen LogP) is -0.671. The topological polar surface area (TPSA) is 128 Å². The highest BCUT2D eigenvalue weighted by atomic mass is 32.2. The Labute approximate surface area is 143 Å². The summed E-state index contributed by atoms with van der Waals surface area (Å²) in [5, 5.41) is 15.8. The second-order valence-electron chi connectivity index (χ2n) is 5.99. The number of nitrogens with one attached hydrogen (secondary N) is 3. The highest BCUT2D eigenvalue weighted by Gasteiger charge is 2.57. The quantitative estimate of drug-likeness (QED) is 0.186. The van der Waals surface area contributed by atoms with Gasteiger partial charge in [0, 0.05) is 19.2 Å². The molecule has 3 atom stereocenters. The molecule has 0 unspecified atom stereocenters. The number of carbonyl (C=O) groups excluding carboxylic acids is 3. The summed E-state index contributed by atoms with van der Waals surface area (Å²) >= 11 is 1.46. The molecule has 0 bridgehead atoms. The molecule has 2 rings (SSSR count). The summed E-state index contributed by atoms with van der Waals surface area (Å²) in [5.41, 5.74) is 2.69. The number of likely N-dealkylation sites (N-methyl/N-ethyl adjacent to an activating group) is 1. The van der Waals surface area contributed by atoms with Crippen molar-refractivity contribution in [1.29, 1.82) is 0 Å². The minimum atomic E-state index is -0.876. The van der Waals surface area contributed by atoms with Crippen molar-refractivity contribution < 1.29 is 24.3 Å². The van der Waals surface area contributed by atoms with E-state index in [0.717, 1.165) is 0 Å². The van der Waals surface area contributed by atoms with Crippen LogP contribution in [0.2, 0.25) is 0 Å². The largest absolute Gasteiger partial charge is 0.481 e. The van der Waals surface area contributed by atoms with Gasteiger partial charge >= 0.3 is 12.0 Å². The maximum Gasteiger partial charge on any atom is 0.315 e. The van der Waals surface area contributed by atoms with Crippen LogP contribution in [0.15, 0.2) is 0 Å². The Kier molecular flexibility index (Phi) is 6.05. The summed E-state index contributed by atoms with van der Waals surface area (Å²) in [4.78, 5) is 45.7. The first-order valence-electron chi connectivity index (χ1n) is 7.77. The van der Waals surface area contributed by atoms with Gasteiger partial charge in [-0.1, -0.05) is 6.42 Å². The van der Waals surface area contributed by atoms with E-state index in [0.29, 0.717) is 31.3 Å². The number of aldehydes is 1. The molecule has 2 heterocycles. The van der Waals surface area contributed by atoms with Gasteiger partial charge in [-0.05, 0) is 12.8 Å². The molecule has 0 aromatic heterocycles. The Balaban J connectivity index is 2.09. The smallest absolute Gasteiger partial charge is 0.315 e. The number of amides is 3. The summed E-state index contributed by atoms with van der Waals surface area (Å²) in [6, 6.07) is -0.789. The lowest BCUT2D eigenvalue weighted by Crippen LogP contribution is -2.58. The second kappa shape index (κ2) is 7.84. The maximum atomic E-state index is 12.8. The van der Waals surface area contributed by atoms with Gasteiger partial charge in [-0.15, -0.1) is 11.8 Å². The first-order chi connectivity index (χ1) is 11.4. The third kappa shape index (κ3) is 3.99. The van der Waals surface area contributed by atoms with Crippen LogP contribution in [-0.4, -0.2) is 70.5 Å². The van der Waals surface area contributed by atoms with Gasteiger partial charge in [-0.25, -0.2) is 9.80 Å². The monoisotopic (exact) mass is 358 g/mol. The molecule has 0 radical (unpaired) electrons. The number of aliphatic carboxylic acids is 1. The van der Waals surface area contributed by atoms with E-state index in [-0.39, 0.29) is 37.0 Å². The van der Waals surface area contributed by atoms with E-state index in [2.05, 4.69) is 16.1 Å². The van der Waals surface area contributed by atoms with Crippen LogP contribution in [0.4, 0.5) is 4.79 Å². The number of hydrogen-bond acceptors (Lipinski definition) is 6. The van der Waals surface area contributed by atoms with Gasteiger partial charge in [-0.3, -0.25) is 15.0 Å². The Morgan fingerprint density at radius 3 is 2.88 bits per heavy atom. The summed E-state index contributed by atoms with van der Waals surface area (Å²) < 4.78 is -0.876. The van der Waals surface area contributed by atoms with Crippen LogP contribution >= 0.6 is 11.8 Å². The van der Waals surface area contributed by atoms with Crippen molar-refractivity contribution in [3.63, 3.8) is 0 Å². The SMILES string of the molecule is CN(CC=O)NC(=O)[C@@]1(CCCCC(=O)O)SC[C@@H]2NC(=O)N[C@@H]21. The van der Waals surface area contributed by atoms with E-state index >= 15 is 0 Å². The number of hydrazine groups is 1. The van der Waals surface area contributed by atoms with Crippen LogP contribution in [0.5, 0.6) is 0 Å². The summed E-state index contributed by atoms with van der Waals surface area (Å²) in [7, 11) is 1.59. The average Bonchev–Trinajstić information content (AvgIpc) is 3.02. The predicted molar refractivity (Wildman–Crippen MR) is 87.4 cm³/mol. The van der Waals surface area contributed by atoms with Gasteiger partial charge in [0.2, 0.25) is 0 Å². The van der Waals surface area contributed by atoms with E-state index in [4.69, 9.17) is 5.11 Å². The van der Waals surface area contributed by atoms with E-state index < -0.39 is 10.7 Å². The van der Waals surface area contributed by atoms with Crippen molar-refractivity contribution >= 4 is 36.0 Å². The molecular weight excluding hydrogens is 336 g/mol. The van der Waals surface area contributed by atoms with Crippen LogP contribution < -0.4 is 16.1 Å². The van der Waals surface area contributed by atoms with Crippen LogP contribution in [0, 0.1) is 0 Å². The Hall–Kier alpha value is -1.81. The molecule has 9 nitrogen and oxygen atoms in total. The summed E-state index contributed by atoms with van der Waals surface area (Å²) in [5.74, 6) is -0.539. The highest BCUT2D eigenvalue weighted by Crippen LogP contribution is 2.44. The van der Waals surface area contributed by atoms with Crippen molar-refractivity contribution in [2.75, 3.05) is 19.3 Å². The molecule has 2 aliphatic heterocycles. The van der Waals surface area contributed by atoms with Gasteiger partial charge in [0.25, 0.3) is 5.91 Å². The molecule has 134 valence electrons. The molecule has 0 aromatic carbocycles.